The van der Waals surface area contributed by atoms with Gasteiger partial charge in [0.2, 0.25) is 0 Å². The smallest absolute Gasteiger partial charge is 0.408 e. The number of ether oxygens (including phenoxy) is 1. The number of hydrogen-bond acceptors (Lipinski definition) is 5. The summed E-state index contributed by atoms with van der Waals surface area (Å²) in [5.74, 6) is -0.340. The first-order valence-electron chi connectivity index (χ1n) is 7.21. The van der Waals surface area contributed by atoms with Crippen molar-refractivity contribution in [2.45, 2.75) is 38.8 Å². The SMILES string of the molecule is CON(C)C(=O)C(Cc1cccc(O)c1)NC(=O)OC(C)(C)C. The molecule has 0 saturated carbocycles. The Hall–Kier alpha value is -2.28. The quantitative estimate of drug-likeness (QED) is 0.807. The van der Waals surface area contributed by atoms with Crippen molar-refractivity contribution < 1.29 is 24.3 Å². The fourth-order valence-electron chi connectivity index (χ4n) is 1.88. The molecule has 7 nitrogen and oxygen atoms in total. The summed E-state index contributed by atoms with van der Waals surface area (Å²) in [6, 6.07) is 5.60. The summed E-state index contributed by atoms with van der Waals surface area (Å²) in [5, 5.41) is 13.1. The molecule has 0 spiro atoms. The van der Waals surface area contributed by atoms with Crippen LogP contribution in [0.15, 0.2) is 24.3 Å². The largest absolute Gasteiger partial charge is 0.508 e. The Morgan fingerprint density at radius 3 is 2.52 bits per heavy atom. The molecule has 0 fully saturated rings. The number of aromatic hydroxyl groups is 1. The molecular formula is C16H24N2O5. The number of nitrogens with one attached hydrogen (secondary N) is 1. The maximum absolute atomic E-state index is 12.3. The third-order valence-corrected chi connectivity index (χ3v) is 2.92. The summed E-state index contributed by atoms with van der Waals surface area (Å²) in [6.07, 6.45) is -0.499. The number of phenols is 1. The van der Waals surface area contributed by atoms with E-state index in [4.69, 9.17) is 9.57 Å². The highest BCUT2D eigenvalue weighted by atomic mass is 16.7. The van der Waals surface area contributed by atoms with Gasteiger partial charge in [0.15, 0.2) is 0 Å². The van der Waals surface area contributed by atoms with E-state index in [0.717, 1.165) is 5.06 Å². The zero-order valence-corrected chi connectivity index (χ0v) is 14.1. The Labute approximate surface area is 136 Å². The number of carbonyl (C=O) groups excluding carboxylic acids is 2. The lowest BCUT2D eigenvalue weighted by molar-refractivity contribution is -0.171. The van der Waals surface area contributed by atoms with Gasteiger partial charge < -0.3 is 15.2 Å². The molecule has 23 heavy (non-hydrogen) atoms. The predicted octanol–water partition coefficient (Wildman–Crippen LogP) is 1.85. The van der Waals surface area contributed by atoms with Crippen LogP contribution < -0.4 is 5.32 Å². The van der Waals surface area contributed by atoms with Crippen LogP contribution in [0.3, 0.4) is 0 Å². The van der Waals surface area contributed by atoms with E-state index in [0.29, 0.717) is 5.56 Å². The molecule has 0 saturated heterocycles. The fraction of sp³-hybridized carbons (Fsp3) is 0.500. The zero-order valence-electron chi connectivity index (χ0n) is 14.1. The minimum atomic E-state index is -0.878. The summed E-state index contributed by atoms with van der Waals surface area (Å²) in [5.41, 5.74) is 0.0273. The van der Waals surface area contributed by atoms with Gasteiger partial charge in [-0.25, -0.2) is 9.86 Å². The fourth-order valence-corrected chi connectivity index (χ4v) is 1.88. The van der Waals surface area contributed by atoms with Gasteiger partial charge in [0.25, 0.3) is 5.91 Å². The number of carbonyl (C=O) groups is 2. The molecule has 0 aliphatic rings. The summed E-state index contributed by atoms with van der Waals surface area (Å²) < 4.78 is 5.18. The number of phenolic OH excluding ortho intramolecular Hbond substituents is 1. The van der Waals surface area contributed by atoms with Gasteiger partial charge >= 0.3 is 6.09 Å². The van der Waals surface area contributed by atoms with Crippen LogP contribution in [0.1, 0.15) is 26.3 Å². The van der Waals surface area contributed by atoms with Crippen molar-refractivity contribution in [3.63, 3.8) is 0 Å². The molecule has 1 aromatic carbocycles. The van der Waals surface area contributed by atoms with Gasteiger partial charge in [-0.2, -0.15) is 0 Å². The van der Waals surface area contributed by atoms with Gasteiger partial charge in [0.05, 0.1) is 7.11 Å². The Morgan fingerprint density at radius 2 is 2.00 bits per heavy atom. The minimum absolute atomic E-state index is 0.0889. The second-order valence-electron chi connectivity index (χ2n) is 6.09. The van der Waals surface area contributed by atoms with Crippen molar-refractivity contribution in [2.75, 3.05) is 14.2 Å². The van der Waals surface area contributed by atoms with Crippen LogP contribution in [0.5, 0.6) is 5.75 Å². The van der Waals surface area contributed by atoms with E-state index in [1.165, 1.54) is 26.3 Å². The standard InChI is InChI=1S/C16H24N2O5/c1-16(2,3)23-15(21)17-13(14(20)18(4)22-5)10-11-7-6-8-12(19)9-11/h6-9,13,19H,10H2,1-5H3,(H,17,21). The van der Waals surface area contributed by atoms with Gasteiger partial charge in [-0.05, 0) is 38.5 Å². The maximum Gasteiger partial charge on any atom is 0.408 e. The van der Waals surface area contributed by atoms with Crippen LogP contribution in [0.2, 0.25) is 0 Å². The Morgan fingerprint density at radius 1 is 1.35 bits per heavy atom. The molecule has 0 aliphatic carbocycles. The highest BCUT2D eigenvalue weighted by Gasteiger charge is 2.27. The van der Waals surface area contributed by atoms with Gasteiger partial charge in [-0.3, -0.25) is 9.63 Å². The molecule has 0 aromatic heterocycles. The van der Waals surface area contributed by atoms with E-state index >= 15 is 0 Å². The molecule has 2 N–H and O–H groups in total. The van der Waals surface area contributed by atoms with Crippen molar-refractivity contribution in [3.8, 4) is 5.75 Å². The predicted molar refractivity (Wildman–Crippen MR) is 84.7 cm³/mol. The van der Waals surface area contributed by atoms with E-state index < -0.39 is 23.6 Å². The topological polar surface area (TPSA) is 88.1 Å². The van der Waals surface area contributed by atoms with E-state index in [1.807, 2.05) is 0 Å². The third-order valence-electron chi connectivity index (χ3n) is 2.92. The minimum Gasteiger partial charge on any atom is -0.508 e. The molecule has 0 bridgehead atoms. The summed E-state index contributed by atoms with van der Waals surface area (Å²) in [7, 11) is 2.81. The van der Waals surface area contributed by atoms with Gasteiger partial charge in [0.1, 0.15) is 17.4 Å². The van der Waals surface area contributed by atoms with Crippen molar-refractivity contribution in [3.05, 3.63) is 29.8 Å². The number of hydroxylamine groups is 2. The normalized spacial score (nSPS) is 12.4. The number of likely N-dealkylation sites (N-methyl/N-ethyl adjacent to an activating group) is 1. The van der Waals surface area contributed by atoms with Crippen LogP contribution in [0.4, 0.5) is 4.79 Å². The first-order chi connectivity index (χ1) is 10.6. The Balaban J connectivity index is 2.89. The summed E-state index contributed by atoms with van der Waals surface area (Å²) in [4.78, 5) is 29.2. The second-order valence-corrected chi connectivity index (χ2v) is 6.09. The monoisotopic (exact) mass is 324 g/mol. The number of alkyl carbamates (subject to hydrolysis) is 1. The molecule has 1 aromatic rings. The molecule has 7 heteroatoms. The maximum atomic E-state index is 12.3. The Kier molecular flexibility index (Phi) is 6.38. The third kappa shape index (κ3) is 6.56. The Bertz CT molecular complexity index is 554. The summed E-state index contributed by atoms with van der Waals surface area (Å²) in [6.45, 7) is 5.21. The molecule has 1 unspecified atom stereocenters. The van der Waals surface area contributed by atoms with Crippen molar-refractivity contribution in [1.82, 2.24) is 10.4 Å². The van der Waals surface area contributed by atoms with Crippen molar-refractivity contribution >= 4 is 12.0 Å². The van der Waals surface area contributed by atoms with Crippen LogP contribution in [-0.2, 0) is 20.8 Å². The lowest BCUT2D eigenvalue weighted by Gasteiger charge is -2.25. The first-order valence-corrected chi connectivity index (χ1v) is 7.21. The summed E-state index contributed by atoms with van der Waals surface area (Å²) >= 11 is 0. The zero-order chi connectivity index (χ0) is 17.6. The van der Waals surface area contributed by atoms with Gasteiger partial charge in [-0.15, -0.1) is 0 Å². The molecular weight excluding hydrogens is 300 g/mol. The van der Waals surface area contributed by atoms with Crippen LogP contribution in [0.25, 0.3) is 0 Å². The van der Waals surface area contributed by atoms with Gasteiger partial charge in [0, 0.05) is 13.5 Å². The second kappa shape index (κ2) is 7.82. The first kappa shape index (κ1) is 18.8. The number of hydrogen-bond donors (Lipinski definition) is 2. The lowest BCUT2D eigenvalue weighted by Crippen LogP contribution is -2.49. The molecule has 0 heterocycles. The lowest BCUT2D eigenvalue weighted by atomic mass is 10.1. The van der Waals surface area contributed by atoms with E-state index in [-0.39, 0.29) is 12.2 Å². The van der Waals surface area contributed by atoms with E-state index in [1.54, 1.807) is 32.9 Å². The average Bonchev–Trinajstić information content (AvgIpc) is 2.43. The van der Waals surface area contributed by atoms with E-state index in [2.05, 4.69) is 5.32 Å². The molecule has 2 amide bonds. The molecule has 0 radical (unpaired) electrons. The highest BCUT2D eigenvalue weighted by molar-refractivity contribution is 5.85. The van der Waals surface area contributed by atoms with Crippen LogP contribution in [-0.4, -0.2) is 48.0 Å². The van der Waals surface area contributed by atoms with Gasteiger partial charge in [-0.1, -0.05) is 12.1 Å². The number of benzene rings is 1. The highest BCUT2D eigenvalue weighted by Crippen LogP contribution is 2.14. The van der Waals surface area contributed by atoms with Crippen molar-refractivity contribution in [1.29, 1.82) is 0 Å². The van der Waals surface area contributed by atoms with Crippen LogP contribution >= 0.6 is 0 Å². The number of amides is 2. The van der Waals surface area contributed by atoms with E-state index in [9.17, 15) is 14.7 Å². The van der Waals surface area contributed by atoms with Crippen LogP contribution in [0, 0.1) is 0 Å². The average molecular weight is 324 g/mol. The molecule has 0 aliphatic heterocycles. The van der Waals surface area contributed by atoms with Crippen molar-refractivity contribution in [2.24, 2.45) is 0 Å². The molecule has 128 valence electrons. The number of rotatable bonds is 5. The number of nitrogens with zero attached hydrogens (tertiary/aromatic N) is 1. The molecule has 1 atom stereocenters. The molecule has 1 rings (SSSR count).